The van der Waals surface area contributed by atoms with Crippen molar-refractivity contribution >= 4 is 14.6 Å². The molecule has 0 aliphatic carbocycles. The maximum Gasteiger partial charge on any atom is 0.222 e. The Hall–Kier alpha value is -0.170. The van der Waals surface area contributed by atoms with Crippen LogP contribution >= 0.6 is 8.73 Å². The van der Waals surface area contributed by atoms with Gasteiger partial charge in [-0.1, -0.05) is 27.7 Å². The standard InChI is InChI=1S/C10H19FNOP.C2H6/c1-8(2)6-10(11)4-5-12(9(3)13)14-7-10;1-2/h8,14H,4-7H2,1-3H3;1-2H3. The quantitative estimate of drug-likeness (QED) is 0.684. The summed E-state index contributed by atoms with van der Waals surface area (Å²) in [6, 6.07) is 0. The Bertz CT molecular complexity index is 213. The van der Waals surface area contributed by atoms with Gasteiger partial charge in [-0.25, -0.2) is 4.39 Å². The summed E-state index contributed by atoms with van der Waals surface area (Å²) in [4.78, 5) is 11.0. The smallest absolute Gasteiger partial charge is 0.222 e. The van der Waals surface area contributed by atoms with Crippen LogP contribution in [0.4, 0.5) is 4.39 Å². The van der Waals surface area contributed by atoms with Crippen LogP contribution in [0, 0.1) is 5.92 Å². The van der Waals surface area contributed by atoms with Crippen molar-refractivity contribution in [2.24, 2.45) is 5.92 Å². The van der Waals surface area contributed by atoms with Crippen LogP contribution < -0.4 is 0 Å². The van der Waals surface area contributed by atoms with E-state index in [4.69, 9.17) is 0 Å². The topological polar surface area (TPSA) is 20.3 Å². The first kappa shape index (κ1) is 15.8. The second-order valence-electron chi connectivity index (χ2n) is 4.50. The van der Waals surface area contributed by atoms with Crippen molar-refractivity contribution in [1.29, 1.82) is 0 Å². The third kappa shape index (κ3) is 5.25. The van der Waals surface area contributed by atoms with Crippen LogP contribution in [0.5, 0.6) is 0 Å². The summed E-state index contributed by atoms with van der Waals surface area (Å²) in [6.07, 6.45) is 1.67. The highest BCUT2D eigenvalue weighted by Gasteiger charge is 2.35. The van der Waals surface area contributed by atoms with Gasteiger partial charge in [0.15, 0.2) is 0 Å². The predicted octanol–water partition coefficient (Wildman–Crippen LogP) is 3.61. The summed E-state index contributed by atoms with van der Waals surface area (Å²) < 4.78 is 15.9. The van der Waals surface area contributed by atoms with E-state index in [0.717, 1.165) is 0 Å². The third-order valence-electron chi connectivity index (χ3n) is 2.52. The van der Waals surface area contributed by atoms with Gasteiger partial charge < -0.3 is 4.67 Å². The number of alkyl halides is 1. The molecule has 1 aliphatic rings. The molecular weight excluding hydrogens is 224 g/mol. The lowest BCUT2D eigenvalue weighted by molar-refractivity contribution is -0.124. The molecule has 0 aromatic heterocycles. The molecule has 1 aliphatic heterocycles. The van der Waals surface area contributed by atoms with Gasteiger partial charge in [-0.15, -0.1) is 0 Å². The van der Waals surface area contributed by atoms with E-state index >= 15 is 0 Å². The normalized spacial score (nSPS) is 26.6. The van der Waals surface area contributed by atoms with Crippen LogP contribution in [0.1, 0.15) is 47.5 Å². The number of hydrogen-bond acceptors (Lipinski definition) is 1. The van der Waals surface area contributed by atoms with Crippen molar-refractivity contribution in [3.8, 4) is 0 Å². The van der Waals surface area contributed by atoms with Crippen molar-refractivity contribution in [1.82, 2.24) is 4.67 Å². The van der Waals surface area contributed by atoms with Crippen LogP contribution in [0.15, 0.2) is 0 Å². The summed E-state index contributed by atoms with van der Waals surface area (Å²) >= 11 is 0. The lowest BCUT2D eigenvalue weighted by atomic mass is 9.92. The molecule has 0 aromatic rings. The molecule has 1 fully saturated rings. The maximum absolute atomic E-state index is 14.1. The lowest BCUT2D eigenvalue weighted by Crippen LogP contribution is -2.39. The van der Waals surface area contributed by atoms with Crippen LogP contribution in [0.3, 0.4) is 0 Å². The second-order valence-corrected chi connectivity index (χ2v) is 5.71. The molecule has 2 unspecified atom stereocenters. The maximum atomic E-state index is 14.1. The Kier molecular flexibility index (Phi) is 7.14. The zero-order valence-corrected chi connectivity index (χ0v) is 12.1. The molecule has 0 spiro atoms. The van der Waals surface area contributed by atoms with Gasteiger partial charge in [0.1, 0.15) is 5.67 Å². The molecule has 0 aromatic carbocycles. The zero-order valence-electron chi connectivity index (χ0n) is 11.1. The van der Waals surface area contributed by atoms with E-state index in [9.17, 15) is 9.18 Å². The molecular formula is C12H25FNOP. The molecule has 0 N–H and O–H groups in total. The number of carbonyl (C=O) groups excluding carboxylic acids is 1. The molecule has 0 saturated carbocycles. The molecule has 4 heteroatoms. The van der Waals surface area contributed by atoms with Gasteiger partial charge >= 0.3 is 0 Å². The predicted molar refractivity (Wildman–Crippen MR) is 69.8 cm³/mol. The van der Waals surface area contributed by atoms with Gasteiger partial charge in [-0.05, 0) is 27.5 Å². The van der Waals surface area contributed by atoms with Gasteiger partial charge in [0, 0.05) is 19.6 Å². The first-order valence-electron chi connectivity index (χ1n) is 6.13. The number of amides is 1. The summed E-state index contributed by atoms with van der Waals surface area (Å²) in [6.45, 7) is 10.2. The minimum absolute atomic E-state index is 0.0786. The van der Waals surface area contributed by atoms with E-state index < -0.39 is 5.67 Å². The minimum Gasteiger partial charge on any atom is -0.325 e. The first-order valence-corrected chi connectivity index (χ1v) is 7.29. The summed E-state index contributed by atoms with van der Waals surface area (Å²) in [5.74, 6) is 0.476. The molecule has 0 radical (unpaired) electrons. The number of carbonyl (C=O) groups is 1. The fraction of sp³-hybridized carbons (Fsp3) is 0.917. The van der Waals surface area contributed by atoms with Gasteiger partial charge in [0.25, 0.3) is 0 Å². The third-order valence-corrected chi connectivity index (χ3v) is 4.24. The largest absolute Gasteiger partial charge is 0.325 e. The average Bonchev–Trinajstić information content (AvgIpc) is 2.19. The Labute approximate surface area is 101 Å². The van der Waals surface area contributed by atoms with E-state index in [2.05, 4.69) is 0 Å². The fourth-order valence-electron chi connectivity index (χ4n) is 1.89. The SMILES string of the molecule is CC.CC(=O)N1CCC(F)(CC(C)C)CP1. The highest BCUT2D eigenvalue weighted by Crippen LogP contribution is 2.38. The van der Waals surface area contributed by atoms with E-state index in [1.54, 1.807) is 11.6 Å². The van der Waals surface area contributed by atoms with Crippen molar-refractivity contribution in [2.75, 3.05) is 12.7 Å². The molecule has 0 bridgehead atoms. The summed E-state index contributed by atoms with van der Waals surface area (Å²) in [5, 5.41) is 0. The number of nitrogens with zero attached hydrogens (tertiary/aromatic N) is 1. The van der Waals surface area contributed by atoms with Gasteiger partial charge in [0.05, 0.1) is 0 Å². The molecule has 1 saturated heterocycles. The molecule has 16 heavy (non-hydrogen) atoms. The van der Waals surface area contributed by atoms with Gasteiger partial charge in [0.2, 0.25) is 5.91 Å². The van der Waals surface area contributed by atoms with Gasteiger partial charge in [-0.2, -0.15) is 0 Å². The zero-order chi connectivity index (χ0) is 12.8. The molecule has 2 atom stereocenters. The molecule has 2 nitrogen and oxygen atoms in total. The Balaban J connectivity index is 0.00000106. The van der Waals surface area contributed by atoms with E-state index in [-0.39, 0.29) is 5.91 Å². The second kappa shape index (κ2) is 7.21. The Morgan fingerprint density at radius 2 is 2.06 bits per heavy atom. The Morgan fingerprint density at radius 1 is 1.50 bits per heavy atom. The monoisotopic (exact) mass is 249 g/mol. The Morgan fingerprint density at radius 3 is 2.38 bits per heavy atom. The van der Waals surface area contributed by atoms with Crippen LogP contribution in [0.25, 0.3) is 0 Å². The average molecular weight is 249 g/mol. The van der Waals surface area contributed by atoms with Crippen molar-refractivity contribution in [3.05, 3.63) is 0 Å². The van der Waals surface area contributed by atoms with Crippen LogP contribution in [-0.2, 0) is 4.79 Å². The van der Waals surface area contributed by atoms with Crippen molar-refractivity contribution in [2.45, 2.75) is 53.1 Å². The lowest BCUT2D eigenvalue weighted by Gasteiger charge is -2.36. The minimum atomic E-state index is -1.02. The van der Waals surface area contributed by atoms with Crippen molar-refractivity contribution in [3.63, 3.8) is 0 Å². The molecule has 1 heterocycles. The van der Waals surface area contributed by atoms with Gasteiger partial charge in [-0.3, -0.25) is 4.79 Å². The highest BCUT2D eigenvalue weighted by atomic mass is 31.1. The number of hydrogen-bond donors (Lipinski definition) is 0. The molecule has 1 amide bonds. The highest BCUT2D eigenvalue weighted by molar-refractivity contribution is 7.36. The first-order chi connectivity index (χ1) is 7.43. The van der Waals surface area contributed by atoms with E-state index in [1.165, 1.54) is 0 Å². The number of rotatable bonds is 2. The fourth-order valence-corrected chi connectivity index (χ4v) is 3.18. The van der Waals surface area contributed by atoms with E-state index in [1.807, 2.05) is 27.7 Å². The number of halogens is 1. The summed E-state index contributed by atoms with van der Waals surface area (Å²) in [5.41, 5.74) is -1.02. The molecule has 96 valence electrons. The van der Waals surface area contributed by atoms with E-state index in [0.29, 0.717) is 40.2 Å². The molecule has 1 rings (SSSR count). The summed E-state index contributed by atoms with van der Waals surface area (Å²) in [7, 11) is 0.333. The van der Waals surface area contributed by atoms with Crippen molar-refractivity contribution < 1.29 is 9.18 Å². The van der Waals surface area contributed by atoms with Crippen LogP contribution in [0.2, 0.25) is 0 Å². The van der Waals surface area contributed by atoms with Crippen LogP contribution in [-0.4, -0.2) is 29.0 Å².